The molecule has 1 aromatic carbocycles. The van der Waals surface area contributed by atoms with Crippen molar-refractivity contribution in [1.82, 2.24) is 19.6 Å². The van der Waals surface area contributed by atoms with Gasteiger partial charge in [0.2, 0.25) is 5.91 Å². The third-order valence-electron chi connectivity index (χ3n) is 5.20. The van der Waals surface area contributed by atoms with Gasteiger partial charge in [0.15, 0.2) is 0 Å². The summed E-state index contributed by atoms with van der Waals surface area (Å²) in [5.41, 5.74) is 2.41. The van der Waals surface area contributed by atoms with Crippen molar-refractivity contribution in [2.45, 2.75) is 26.7 Å². The molecule has 2 amide bonds. The standard InChI is InChI=1S/C22H28N4O4/c1-4-30-22(29)18-6-5-11-25(14-18)20(27)15-24(3)21(28)17-7-9-19(10-8-17)26-13-16(2)12-23-26/h7-10,12-13,18H,4-6,11,14-15H2,1-3H3. The summed E-state index contributed by atoms with van der Waals surface area (Å²) in [4.78, 5) is 40.5. The molecule has 0 saturated carbocycles. The van der Waals surface area contributed by atoms with Crippen LogP contribution in [0.15, 0.2) is 36.7 Å². The first-order chi connectivity index (χ1) is 14.4. The maximum atomic E-state index is 12.7. The fourth-order valence-electron chi connectivity index (χ4n) is 3.56. The number of carbonyl (C=O) groups is 3. The highest BCUT2D eigenvalue weighted by atomic mass is 16.5. The molecule has 1 saturated heterocycles. The number of carbonyl (C=O) groups excluding carboxylic acids is 3. The fraction of sp³-hybridized carbons (Fsp3) is 0.455. The summed E-state index contributed by atoms with van der Waals surface area (Å²) in [6, 6.07) is 7.11. The van der Waals surface area contributed by atoms with Crippen LogP contribution in [0.5, 0.6) is 0 Å². The normalized spacial score (nSPS) is 16.2. The van der Waals surface area contributed by atoms with Crippen LogP contribution in [-0.2, 0) is 14.3 Å². The van der Waals surface area contributed by atoms with Gasteiger partial charge in [-0.1, -0.05) is 0 Å². The summed E-state index contributed by atoms with van der Waals surface area (Å²) in [6.45, 7) is 4.97. The molecule has 0 spiro atoms. The Bertz CT molecular complexity index is 906. The summed E-state index contributed by atoms with van der Waals surface area (Å²) in [7, 11) is 1.61. The number of nitrogens with zero attached hydrogens (tertiary/aromatic N) is 4. The second-order valence-electron chi connectivity index (χ2n) is 7.60. The summed E-state index contributed by atoms with van der Waals surface area (Å²) in [5.74, 6) is -0.942. The number of aryl methyl sites for hydroxylation is 1. The summed E-state index contributed by atoms with van der Waals surface area (Å²) in [6.07, 6.45) is 5.15. The average Bonchev–Trinajstić information content (AvgIpc) is 3.19. The van der Waals surface area contributed by atoms with E-state index < -0.39 is 0 Å². The molecule has 0 radical (unpaired) electrons. The monoisotopic (exact) mass is 412 g/mol. The predicted octanol–water partition coefficient (Wildman–Crippen LogP) is 2.05. The van der Waals surface area contributed by atoms with Gasteiger partial charge in [-0.05, 0) is 56.5 Å². The molecule has 0 bridgehead atoms. The molecule has 1 aliphatic rings. The number of aromatic nitrogens is 2. The minimum Gasteiger partial charge on any atom is -0.466 e. The molecular weight excluding hydrogens is 384 g/mol. The maximum Gasteiger partial charge on any atom is 0.310 e. The van der Waals surface area contributed by atoms with Gasteiger partial charge in [-0.25, -0.2) is 4.68 Å². The van der Waals surface area contributed by atoms with Crippen molar-refractivity contribution in [3.05, 3.63) is 47.8 Å². The average molecular weight is 412 g/mol. The van der Waals surface area contributed by atoms with E-state index in [1.54, 1.807) is 41.9 Å². The Morgan fingerprint density at radius 2 is 1.97 bits per heavy atom. The first-order valence-electron chi connectivity index (χ1n) is 10.2. The van der Waals surface area contributed by atoms with Gasteiger partial charge in [0.05, 0.1) is 31.0 Å². The van der Waals surface area contributed by atoms with Gasteiger partial charge in [0.1, 0.15) is 0 Å². The Balaban J connectivity index is 1.58. The van der Waals surface area contributed by atoms with E-state index in [1.807, 2.05) is 25.3 Å². The molecule has 30 heavy (non-hydrogen) atoms. The van der Waals surface area contributed by atoms with E-state index in [0.29, 0.717) is 25.3 Å². The van der Waals surface area contributed by atoms with Crippen molar-refractivity contribution < 1.29 is 19.1 Å². The number of rotatable bonds is 6. The Labute approximate surface area is 176 Å². The van der Waals surface area contributed by atoms with Gasteiger partial charge in [-0.15, -0.1) is 0 Å². The molecule has 1 unspecified atom stereocenters. The van der Waals surface area contributed by atoms with Crippen molar-refractivity contribution in [3.8, 4) is 5.69 Å². The van der Waals surface area contributed by atoms with Crippen LogP contribution in [0.25, 0.3) is 5.69 Å². The minimum atomic E-state index is -0.290. The Morgan fingerprint density at radius 1 is 1.23 bits per heavy atom. The topological polar surface area (TPSA) is 84.7 Å². The number of amides is 2. The smallest absolute Gasteiger partial charge is 0.310 e. The number of benzene rings is 1. The molecule has 1 aromatic heterocycles. The second kappa shape index (κ2) is 9.56. The highest BCUT2D eigenvalue weighted by Crippen LogP contribution is 2.18. The molecule has 160 valence electrons. The lowest BCUT2D eigenvalue weighted by Crippen LogP contribution is -2.47. The van der Waals surface area contributed by atoms with Gasteiger partial charge in [-0.3, -0.25) is 14.4 Å². The summed E-state index contributed by atoms with van der Waals surface area (Å²) >= 11 is 0. The number of ether oxygens (including phenoxy) is 1. The van der Waals surface area contributed by atoms with Crippen molar-refractivity contribution >= 4 is 17.8 Å². The van der Waals surface area contributed by atoms with E-state index in [9.17, 15) is 14.4 Å². The van der Waals surface area contributed by atoms with Crippen LogP contribution in [0.3, 0.4) is 0 Å². The molecule has 2 aromatic rings. The van der Waals surface area contributed by atoms with Crippen molar-refractivity contribution in [2.75, 3.05) is 33.3 Å². The number of hydrogen-bond acceptors (Lipinski definition) is 5. The van der Waals surface area contributed by atoms with Gasteiger partial charge < -0.3 is 14.5 Å². The zero-order valence-electron chi connectivity index (χ0n) is 17.7. The Morgan fingerprint density at radius 3 is 2.60 bits per heavy atom. The van der Waals surface area contributed by atoms with Gasteiger partial charge in [-0.2, -0.15) is 5.10 Å². The second-order valence-corrected chi connectivity index (χ2v) is 7.60. The van der Waals surface area contributed by atoms with Gasteiger partial charge in [0.25, 0.3) is 5.91 Å². The van der Waals surface area contributed by atoms with Crippen LogP contribution >= 0.6 is 0 Å². The number of hydrogen-bond donors (Lipinski definition) is 0. The number of esters is 1. The quantitative estimate of drug-likeness (QED) is 0.678. The SMILES string of the molecule is CCOC(=O)C1CCCN(C(=O)CN(C)C(=O)c2ccc(-n3cc(C)cn3)cc2)C1. The molecule has 1 fully saturated rings. The highest BCUT2D eigenvalue weighted by molar-refractivity contribution is 5.96. The molecule has 0 aliphatic carbocycles. The first kappa shape index (κ1) is 21.5. The molecule has 8 heteroatoms. The highest BCUT2D eigenvalue weighted by Gasteiger charge is 2.30. The Kier molecular flexibility index (Phi) is 6.87. The fourth-order valence-corrected chi connectivity index (χ4v) is 3.56. The number of piperidine rings is 1. The number of likely N-dealkylation sites (tertiary alicyclic amines) is 1. The molecule has 1 aliphatic heterocycles. The largest absolute Gasteiger partial charge is 0.466 e. The number of likely N-dealkylation sites (N-methyl/N-ethyl adjacent to an activating group) is 1. The van der Waals surface area contributed by atoms with E-state index in [1.165, 1.54) is 4.90 Å². The minimum absolute atomic E-state index is 0.0333. The molecule has 3 rings (SSSR count). The zero-order chi connectivity index (χ0) is 21.7. The molecular formula is C22H28N4O4. The molecule has 2 heterocycles. The van der Waals surface area contributed by atoms with Crippen LogP contribution in [0.1, 0.15) is 35.7 Å². The van der Waals surface area contributed by atoms with E-state index >= 15 is 0 Å². The van der Waals surface area contributed by atoms with Crippen LogP contribution in [0.4, 0.5) is 0 Å². The van der Waals surface area contributed by atoms with Crippen molar-refractivity contribution in [1.29, 1.82) is 0 Å². The van der Waals surface area contributed by atoms with Gasteiger partial charge >= 0.3 is 5.97 Å². The summed E-state index contributed by atoms with van der Waals surface area (Å²) < 4.78 is 6.83. The third kappa shape index (κ3) is 5.06. The lowest BCUT2D eigenvalue weighted by atomic mass is 9.98. The van der Waals surface area contributed by atoms with E-state index in [-0.39, 0.29) is 30.2 Å². The van der Waals surface area contributed by atoms with Crippen molar-refractivity contribution in [2.24, 2.45) is 5.92 Å². The Hall–Kier alpha value is -3.16. The van der Waals surface area contributed by atoms with E-state index in [4.69, 9.17) is 4.74 Å². The van der Waals surface area contributed by atoms with Crippen LogP contribution in [0, 0.1) is 12.8 Å². The van der Waals surface area contributed by atoms with Gasteiger partial charge in [0, 0.05) is 31.9 Å². The van der Waals surface area contributed by atoms with E-state index in [2.05, 4.69) is 5.10 Å². The summed E-state index contributed by atoms with van der Waals surface area (Å²) in [5, 5.41) is 4.26. The predicted molar refractivity (Wildman–Crippen MR) is 111 cm³/mol. The lowest BCUT2D eigenvalue weighted by Gasteiger charge is -2.32. The molecule has 8 nitrogen and oxygen atoms in total. The third-order valence-corrected chi connectivity index (χ3v) is 5.20. The van der Waals surface area contributed by atoms with Crippen molar-refractivity contribution in [3.63, 3.8) is 0 Å². The first-order valence-corrected chi connectivity index (χ1v) is 10.2. The van der Waals surface area contributed by atoms with Crippen LogP contribution in [-0.4, -0.2) is 70.7 Å². The zero-order valence-corrected chi connectivity index (χ0v) is 17.7. The van der Waals surface area contributed by atoms with E-state index in [0.717, 1.165) is 24.1 Å². The van der Waals surface area contributed by atoms with Crippen LogP contribution < -0.4 is 0 Å². The maximum absolute atomic E-state index is 12.7. The van der Waals surface area contributed by atoms with Crippen LogP contribution in [0.2, 0.25) is 0 Å². The lowest BCUT2D eigenvalue weighted by molar-refractivity contribution is -0.151. The molecule has 1 atom stereocenters. The molecule has 0 N–H and O–H groups in total.